The summed E-state index contributed by atoms with van der Waals surface area (Å²) in [6.45, 7) is 8.86. The first-order chi connectivity index (χ1) is 13.2. The molecule has 7 nitrogen and oxygen atoms in total. The predicted octanol–water partition coefficient (Wildman–Crippen LogP) is 2.59. The largest absolute Gasteiger partial charge is 0.444 e. The van der Waals surface area contributed by atoms with Crippen molar-refractivity contribution in [2.24, 2.45) is 0 Å². The lowest BCUT2D eigenvalue weighted by molar-refractivity contribution is -0.125. The molecule has 0 unspecified atom stereocenters. The van der Waals surface area contributed by atoms with Crippen LogP contribution in [0.4, 0.5) is 10.5 Å². The van der Waals surface area contributed by atoms with Crippen LogP contribution >= 0.6 is 11.6 Å². The number of hydrogen-bond donors (Lipinski definition) is 2. The van der Waals surface area contributed by atoms with Gasteiger partial charge in [0.05, 0.1) is 6.67 Å². The maximum Gasteiger partial charge on any atom is 0.407 e. The van der Waals surface area contributed by atoms with E-state index >= 15 is 0 Å². The molecule has 28 heavy (non-hydrogen) atoms. The number of carbonyl (C=O) groups is 2. The van der Waals surface area contributed by atoms with Gasteiger partial charge in [0.15, 0.2) is 0 Å². The van der Waals surface area contributed by atoms with Crippen molar-refractivity contribution in [2.45, 2.75) is 44.8 Å². The van der Waals surface area contributed by atoms with Gasteiger partial charge in [0.25, 0.3) is 0 Å². The van der Waals surface area contributed by atoms with Gasteiger partial charge in [-0.15, -0.1) is 0 Å². The number of anilines is 1. The van der Waals surface area contributed by atoms with Crippen LogP contribution in [-0.2, 0) is 9.53 Å². The van der Waals surface area contributed by atoms with Crippen molar-refractivity contribution < 1.29 is 14.3 Å². The van der Waals surface area contributed by atoms with Gasteiger partial charge >= 0.3 is 6.09 Å². The van der Waals surface area contributed by atoms with Gasteiger partial charge in [0, 0.05) is 36.9 Å². The highest BCUT2D eigenvalue weighted by Crippen LogP contribution is 2.36. The number of halogens is 1. The summed E-state index contributed by atoms with van der Waals surface area (Å²) >= 11 is 6.15. The van der Waals surface area contributed by atoms with Crippen molar-refractivity contribution in [1.82, 2.24) is 15.5 Å². The molecule has 0 bridgehead atoms. The number of likely N-dealkylation sites (tertiary alicyclic amines) is 1. The van der Waals surface area contributed by atoms with Gasteiger partial charge in [-0.25, -0.2) is 4.79 Å². The van der Waals surface area contributed by atoms with Crippen molar-refractivity contribution in [3.05, 3.63) is 29.3 Å². The number of ether oxygens (including phenoxy) is 1. The Morgan fingerprint density at radius 1 is 1.32 bits per heavy atom. The lowest BCUT2D eigenvalue weighted by Gasteiger charge is -2.43. The molecule has 2 saturated heterocycles. The molecule has 1 aromatic rings. The molecule has 2 aliphatic rings. The maximum atomic E-state index is 12.7. The van der Waals surface area contributed by atoms with Crippen LogP contribution in [0.15, 0.2) is 24.3 Å². The van der Waals surface area contributed by atoms with Crippen LogP contribution in [0.5, 0.6) is 0 Å². The van der Waals surface area contributed by atoms with Crippen LogP contribution in [0.3, 0.4) is 0 Å². The van der Waals surface area contributed by atoms with Crippen LogP contribution in [0.2, 0.25) is 5.02 Å². The number of benzene rings is 1. The molecule has 2 heterocycles. The molecule has 2 fully saturated rings. The lowest BCUT2D eigenvalue weighted by Crippen LogP contribution is -2.57. The van der Waals surface area contributed by atoms with Gasteiger partial charge in [0.1, 0.15) is 11.1 Å². The number of rotatable bonds is 4. The number of piperidine rings is 1. The molecule has 0 radical (unpaired) electrons. The van der Waals surface area contributed by atoms with Crippen LogP contribution in [-0.4, -0.2) is 60.9 Å². The third kappa shape index (κ3) is 4.70. The molecule has 2 aliphatic heterocycles. The quantitative estimate of drug-likeness (QED) is 0.801. The molecule has 1 spiro atoms. The molecule has 1 aromatic carbocycles. The Morgan fingerprint density at radius 3 is 2.68 bits per heavy atom. The molecular formula is C20H29ClN4O3. The summed E-state index contributed by atoms with van der Waals surface area (Å²) in [5.74, 6) is 0.0824. The summed E-state index contributed by atoms with van der Waals surface area (Å²) in [5, 5.41) is 6.45. The average molecular weight is 409 g/mol. The first-order valence-electron chi connectivity index (χ1n) is 9.70. The molecule has 2 amide bonds. The fraction of sp³-hybridized carbons (Fsp3) is 0.600. The van der Waals surface area contributed by atoms with E-state index in [2.05, 4.69) is 20.4 Å². The van der Waals surface area contributed by atoms with Gasteiger partial charge < -0.3 is 25.2 Å². The first-order valence-corrected chi connectivity index (χ1v) is 10.1. The molecule has 0 aliphatic carbocycles. The van der Waals surface area contributed by atoms with E-state index in [-0.39, 0.29) is 5.91 Å². The third-order valence-electron chi connectivity index (χ3n) is 5.24. The zero-order chi connectivity index (χ0) is 20.4. The Bertz CT molecular complexity index is 726. The Balaban J connectivity index is 1.54. The van der Waals surface area contributed by atoms with Crippen LogP contribution in [0, 0.1) is 0 Å². The van der Waals surface area contributed by atoms with E-state index in [1.54, 1.807) is 0 Å². The highest BCUT2D eigenvalue weighted by Gasteiger charge is 2.50. The normalized spacial score (nSPS) is 19.6. The SMILES string of the molecule is CC(C)(C)OC(=O)NCCN1CCC2(CC1)C(=O)NCN2c1cccc(Cl)c1. The standard InChI is InChI=1S/C20H29ClN4O3/c1-19(2,3)28-18(27)22-9-12-24-10-7-20(8-11-24)17(26)23-14-25(20)16-6-4-5-15(21)13-16/h4-6,13H,7-12,14H2,1-3H3,(H,22,27)(H,23,26). The van der Waals surface area contributed by atoms with Crippen molar-refractivity contribution in [3.63, 3.8) is 0 Å². The van der Waals surface area contributed by atoms with Crippen molar-refractivity contribution in [1.29, 1.82) is 0 Å². The molecule has 0 atom stereocenters. The van der Waals surface area contributed by atoms with Crippen LogP contribution < -0.4 is 15.5 Å². The number of carbonyl (C=O) groups excluding carboxylic acids is 2. The van der Waals surface area contributed by atoms with Gasteiger partial charge in [-0.2, -0.15) is 0 Å². The number of nitrogens with one attached hydrogen (secondary N) is 2. The summed E-state index contributed by atoms with van der Waals surface area (Å²) < 4.78 is 5.25. The van der Waals surface area contributed by atoms with E-state index in [1.165, 1.54) is 0 Å². The molecule has 0 aromatic heterocycles. The highest BCUT2D eigenvalue weighted by molar-refractivity contribution is 6.30. The van der Waals surface area contributed by atoms with E-state index in [1.807, 2.05) is 45.0 Å². The Morgan fingerprint density at radius 2 is 2.04 bits per heavy atom. The number of amides is 2. The zero-order valence-electron chi connectivity index (χ0n) is 16.8. The van der Waals surface area contributed by atoms with Crippen LogP contribution in [0.1, 0.15) is 33.6 Å². The average Bonchev–Trinajstić information content (AvgIpc) is 2.91. The van der Waals surface area contributed by atoms with E-state index in [9.17, 15) is 9.59 Å². The minimum atomic E-state index is -0.528. The molecule has 2 N–H and O–H groups in total. The molecule has 154 valence electrons. The molecule has 8 heteroatoms. The second-order valence-corrected chi connectivity index (χ2v) is 8.81. The smallest absolute Gasteiger partial charge is 0.407 e. The molecular weight excluding hydrogens is 380 g/mol. The minimum absolute atomic E-state index is 0.0824. The second-order valence-electron chi connectivity index (χ2n) is 8.37. The van der Waals surface area contributed by atoms with Gasteiger partial charge in [-0.3, -0.25) is 4.79 Å². The predicted molar refractivity (Wildman–Crippen MR) is 110 cm³/mol. The minimum Gasteiger partial charge on any atom is -0.444 e. The van der Waals surface area contributed by atoms with Crippen molar-refractivity contribution in [2.75, 3.05) is 37.7 Å². The monoisotopic (exact) mass is 408 g/mol. The van der Waals surface area contributed by atoms with Crippen molar-refractivity contribution >= 4 is 29.3 Å². The lowest BCUT2D eigenvalue weighted by atomic mass is 9.85. The fourth-order valence-electron chi connectivity index (χ4n) is 3.85. The number of alkyl carbamates (subject to hydrolysis) is 1. The molecule has 0 saturated carbocycles. The van der Waals surface area contributed by atoms with Crippen molar-refractivity contribution in [3.8, 4) is 0 Å². The number of hydrogen-bond acceptors (Lipinski definition) is 5. The zero-order valence-corrected chi connectivity index (χ0v) is 17.5. The Kier molecular flexibility index (Phi) is 6.05. The van der Waals surface area contributed by atoms with Crippen LogP contribution in [0.25, 0.3) is 0 Å². The molecule has 3 rings (SSSR count). The maximum absolute atomic E-state index is 12.7. The van der Waals surface area contributed by atoms with E-state index < -0.39 is 17.2 Å². The topological polar surface area (TPSA) is 73.9 Å². The first kappa shape index (κ1) is 20.7. The van der Waals surface area contributed by atoms with E-state index in [4.69, 9.17) is 16.3 Å². The van der Waals surface area contributed by atoms with E-state index in [0.717, 1.165) is 38.2 Å². The van der Waals surface area contributed by atoms with Gasteiger partial charge in [-0.1, -0.05) is 17.7 Å². The second kappa shape index (κ2) is 8.17. The Labute approximate surface area is 171 Å². The summed E-state index contributed by atoms with van der Waals surface area (Å²) in [7, 11) is 0. The van der Waals surface area contributed by atoms with Gasteiger partial charge in [0.2, 0.25) is 5.91 Å². The summed E-state index contributed by atoms with van der Waals surface area (Å²) in [5.41, 5.74) is -0.0630. The fourth-order valence-corrected chi connectivity index (χ4v) is 4.03. The Hall–Kier alpha value is -1.99. The highest BCUT2D eigenvalue weighted by atomic mass is 35.5. The number of nitrogens with zero attached hydrogens (tertiary/aromatic N) is 2. The summed E-state index contributed by atoms with van der Waals surface area (Å²) in [4.78, 5) is 28.8. The van der Waals surface area contributed by atoms with Gasteiger partial charge in [-0.05, 0) is 51.8 Å². The van der Waals surface area contributed by atoms with E-state index in [0.29, 0.717) is 18.2 Å². The third-order valence-corrected chi connectivity index (χ3v) is 5.47. The summed E-state index contributed by atoms with van der Waals surface area (Å²) in [6.07, 6.45) is 1.07. The summed E-state index contributed by atoms with van der Waals surface area (Å²) in [6, 6.07) is 7.64.